The highest BCUT2D eigenvalue weighted by atomic mass is 19.4. The molecule has 100 valence electrons. The molecule has 0 aromatic heterocycles. The quantitative estimate of drug-likeness (QED) is 0.886. The van der Waals surface area contributed by atoms with Crippen LogP contribution in [0, 0.1) is 0 Å². The van der Waals surface area contributed by atoms with E-state index in [2.05, 4.69) is 4.74 Å². The highest BCUT2D eigenvalue weighted by Gasteiger charge is 2.29. The number of methoxy groups -OCH3 is 1. The van der Waals surface area contributed by atoms with Crippen molar-refractivity contribution in [3.63, 3.8) is 0 Å². The molecule has 0 atom stereocenters. The molecule has 1 aromatic carbocycles. The van der Waals surface area contributed by atoms with Crippen LogP contribution in [0.15, 0.2) is 18.2 Å². The lowest BCUT2D eigenvalue weighted by molar-refractivity contribution is -0.153. The average molecular weight is 264 g/mol. The van der Waals surface area contributed by atoms with Gasteiger partial charge in [0, 0.05) is 0 Å². The maximum absolute atomic E-state index is 12.0. The van der Waals surface area contributed by atoms with E-state index < -0.39 is 18.8 Å². The summed E-state index contributed by atoms with van der Waals surface area (Å²) in [4.78, 5) is 10.5. The number of aliphatic carboxylic acids is 1. The number of benzene rings is 1. The molecule has 0 fully saturated rings. The minimum atomic E-state index is -4.46. The second-order valence-electron chi connectivity index (χ2n) is 3.46. The number of halogens is 3. The predicted octanol–water partition coefficient (Wildman–Crippen LogP) is 2.26. The van der Waals surface area contributed by atoms with Gasteiger partial charge in [-0.25, -0.2) is 0 Å². The lowest BCUT2D eigenvalue weighted by Crippen LogP contribution is -2.19. The fourth-order valence-electron chi connectivity index (χ4n) is 1.28. The summed E-state index contributed by atoms with van der Waals surface area (Å²) in [6, 6.07) is 4.04. The van der Waals surface area contributed by atoms with Crippen molar-refractivity contribution < 1.29 is 32.5 Å². The van der Waals surface area contributed by atoms with Crippen LogP contribution in [0.2, 0.25) is 0 Å². The van der Waals surface area contributed by atoms with Gasteiger partial charge in [-0.1, -0.05) is 6.07 Å². The molecule has 0 amide bonds. The van der Waals surface area contributed by atoms with Crippen LogP contribution in [0.4, 0.5) is 13.2 Å². The summed E-state index contributed by atoms with van der Waals surface area (Å²) in [7, 11) is 1.28. The first kappa shape index (κ1) is 14.1. The van der Waals surface area contributed by atoms with Crippen molar-refractivity contribution in [1.29, 1.82) is 0 Å². The summed E-state index contributed by atoms with van der Waals surface area (Å²) in [5.41, 5.74) is 0.334. The smallest absolute Gasteiger partial charge is 0.422 e. The van der Waals surface area contributed by atoms with E-state index in [-0.39, 0.29) is 17.9 Å². The third-order valence-electron chi connectivity index (χ3n) is 1.97. The lowest BCUT2D eigenvalue weighted by Gasteiger charge is -2.13. The van der Waals surface area contributed by atoms with E-state index in [0.717, 1.165) is 0 Å². The Morgan fingerprint density at radius 3 is 2.50 bits per heavy atom. The van der Waals surface area contributed by atoms with Crippen LogP contribution in [0.3, 0.4) is 0 Å². The topological polar surface area (TPSA) is 55.8 Å². The zero-order valence-corrected chi connectivity index (χ0v) is 9.45. The Kier molecular flexibility index (Phi) is 4.41. The van der Waals surface area contributed by atoms with Crippen LogP contribution in [0.1, 0.15) is 5.56 Å². The number of ether oxygens (including phenoxy) is 2. The Balaban J connectivity index is 2.88. The molecule has 0 saturated carbocycles. The first-order chi connectivity index (χ1) is 8.31. The molecule has 0 bridgehead atoms. The molecule has 1 aromatic rings. The van der Waals surface area contributed by atoms with Gasteiger partial charge in [0.1, 0.15) is 0 Å². The molecule has 0 radical (unpaired) electrons. The van der Waals surface area contributed by atoms with E-state index in [1.54, 1.807) is 0 Å². The second-order valence-corrected chi connectivity index (χ2v) is 3.46. The number of alkyl halides is 3. The standard InChI is InChI=1S/C11H11F3O4/c1-17-8-3-2-7(5-10(15)16)4-9(8)18-6-11(12,13)14/h2-4H,5-6H2,1H3,(H,15,16). The molecule has 0 aliphatic rings. The molecular formula is C11H11F3O4. The normalized spacial score (nSPS) is 11.1. The van der Waals surface area contributed by atoms with Crippen molar-refractivity contribution >= 4 is 5.97 Å². The number of hydrogen-bond acceptors (Lipinski definition) is 3. The van der Waals surface area contributed by atoms with Crippen molar-refractivity contribution in [2.24, 2.45) is 0 Å². The van der Waals surface area contributed by atoms with Crippen LogP contribution < -0.4 is 9.47 Å². The van der Waals surface area contributed by atoms with E-state index in [0.29, 0.717) is 5.56 Å². The molecule has 1 N–H and O–H groups in total. The highest BCUT2D eigenvalue weighted by Crippen LogP contribution is 2.29. The summed E-state index contributed by atoms with van der Waals surface area (Å²) >= 11 is 0. The van der Waals surface area contributed by atoms with Crippen LogP contribution in [0.5, 0.6) is 11.5 Å². The summed E-state index contributed by atoms with van der Waals surface area (Å²) in [6.07, 6.45) is -4.76. The third kappa shape index (κ3) is 4.52. The molecular weight excluding hydrogens is 253 g/mol. The van der Waals surface area contributed by atoms with Gasteiger partial charge in [0.15, 0.2) is 18.1 Å². The maximum atomic E-state index is 12.0. The summed E-state index contributed by atoms with van der Waals surface area (Å²) in [5, 5.41) is 8.59. The fraction of sp³-hybridized carbons (Fsp3) is 0.364. The van der Waals surface area contributed by atoms with Gasteiger partial charge in [-0.05, 0) is 17.7 Å². The number of carbonyl (C=O) groups is 1. The Morgan fingerprint density at radius 2 is 2.00 bits per heavy atom. The van der Waals surface area contributed by atoms with E-state index in [1.165, 1.54) is 25.3 Å². The summed E-state index contributed by atoms with van der Waals surface area (Å²) in [5.74, 6) is -1.09. The van der Waals surface area contributed by atoms with Crippen LogP contribution in [0.25, 0.3) is 0 Å². The minimum absolute atomic E-state index is 0.119. The van der Waals surface area contributed by atoms with Gasteiger partial charge in [-0.2, -0.15) is 13.2 Å². The molecule has 0 aliphatic carbocycles. The number of hydrogen-bond donors (Lipinski definition) is 1. The van der Waals surface area contributed by atoms with Crippen molar-refractivity contribution in [3.8, 4) is 11.5 Å². The van der Waals surface area contributed by atoms with E-state index in [9.17, 15) is 18.0 Å². The highest BCUT2D eigenvalue weighted by molar-refractivity contribution is 5.70. The Morgan fingerprint density at radius 1 is 1.33 bits per heavy atom. The first-order valence-electron chi connectivity index (χ1n) is 4.90. The van der Waals surface area contributed by atoms with Gasteiger partial charge in [0.05, 0.1) is 13.5 Å². The Hall–Kier alpha value is -1.92. The molecule has 0 aliphatic heterocycles. The van der Waals surface area contributed by atoms with Crippen LogP contribution in [-0.4, -0.2) is 31.0 Å². The maximum Gasteiger partial charge on any atom is 0.422 e. The number of carboxylic acid groups (broad SMARTS) is 1. The van der Waals surface area contributed by atoms with Gasteiger partial charge in [-0.3, -0.25) is 4.79 Å². The lowest BCUT2D eigenvalue weighted by atomic mass is 10.1. The molecule has 0 saturated heterocycles. The van der Waals surface area contributed by atoms with E-state index in [4.69, 9.17) is 9.84 Å². The monoisotopic (exact) mass is 264 g/mol. The zero-order chi connectivity index (χ0) is 13.8. The summed E-state index contributed by atoms with van der Waals surface area (Å²) in [6.45, 7) is -1.46. The Labute approximate surface area is 101 Å². The van der Waals surface area contributed by atoms with Crippen LogP contribution in [-0.2, 0) is 11.2 Å². The first-order valence-corrected chi connectivity index (χ1v) is 4.90. The van der Waals surface area contributed by atoms with Gasteiger partial charge >= 0.3 is 12.1 Å². The van der Waals surface area contributed by atoms with E-state index >= 15 is 0 Å². The van der Waals surface area contributed by atoms with Gasteiger partial charge < -0.3 is 14.6 Å². The summed E-state index contributed by atoms with van der Waals surface area (Å²) < 4.78 is 45.5. The van der Waals surface area contributed by atoms with E-state index in [1.807, 2.05) is 0 Å². The molecule has 1 rings (SSSR count). The second kappa shape index (κ2) is 5.61. The van der Waals surface area contributed by atoms with Crippen molar-refractivity contribution in [2.45, 2.75) is 12.6 Å². The minimum Gasteiger partial charge on any atom is -0.493 e. The molecule has 4 nitrogen and oxygen atoms in total. The van der Waals surface area contributed by atoms with Gasteiger partial charge in [0.25, 0.3) is 0 Å². The van der Waals surface area contributed by atoms with Crippen LogP contribution >= 0.6 is 0 Å². The number of rotatable bonds is 5. The molecule has 0 unspecified atom stereocenters. The Bertz CT molecular complexity index is 429. The van der Waals surface area contributed by atoms with Crippen molar-refractivity contribution in [3.05, 3.63) is 23.8 Å². The zero-order valence-electron chi connectivity index (χ0n) is 9.45. The molecule has 7 heteroatoms. The SMILES string of the molecule is COc1ccc(CC(=O)O)cc1OCC(F)(F)F. The predicted molar refractivity (Wildman–Crippen MR) is 55.9 cm³/mol. The van der Waals surface area contributed by atoms with Gasteiger partial charge in [0.2, 0.25) is 0 Å². The van der Waals surface area contributed by atoms with Crippen molar-refractivity contribution in [2.75, 3.05) is 13.7 Å². The molecule has 0 heterocycles. The molecule has 0 spiro atoms. The fourth-order valence-corrected chi connectivity index (χ4v) is 1.28. The largest absolute Gasteiger partial charge is 0.493 e. The molecule has 18 heavy (non-hydrogen) atoms. The average Bonchev–Trinajstić information content (AvgIpc) is 2.25. The van der Waals surface area contributed by atoms with Crippen molar-refractivity contribution in [1.82, 2.24) is 0 Å². The van der Waals surface area contributed by atoms with Gasteiger partial charge in [-0.15, -0.1) is 0 Å². The third-order valence-corrected chi connectivity index (χ3v) is 1.97. The number of carboxylic acids is 1.